The van der Waals surface area contributed by atoms with Gasteiger partial charge >= 0.3 is 6.09 Å². The Bertz CT molecular complexity index is 229. The van der Waals surface area contributed by atoms with Crippen molar-refractivity contribution in [1.82, 2.24) is 9.80 Å². The predicted octanol–water partition coefficient (Wildman–Crippen LogP) is 0.319. The molecule has 5 heteroatoms. The quantitative estimate of drug-likeness (QED) is 0.719. The first-order chi connectivity index (χ1) is 7.25. The Morgan fingerprint density at radius 3 is 2.67 bits per heavy atom. The third-order valence-corrected chi connectivity index (χ3v) is 3.18. The van der Waals surface area contributed by atoms with Gasteiger partial charge in [-0.1, -0.05) is 0 Å². The highest BCUT2D eigenvalue weighted by atomic mass is 16.5. The number of hydrogen-bond acceptors (Lipinski definition) is 3. The van der Waals surface area contributed by atoms with Crippen molar-refractivity contribution in [3.05, 3.63) is 0 Å². The lowest BCUT2D eigenvalue weighted by Crippen LogP contribution is -2.40. The molecule has 1 N–H and O–H groups in total. The molecule has 2 rings (SSSR count). The van der Waals surface area contributed by atoms with Crippen LogP contribution in [0.1, 0.15) is 6.42 Å². The summed E-state index contributed by atoms with van der Waals surface area (Å²) >= 11 is 0. The maximum absolute atomic E-state index is 10.7. The highest BCUT2D eigenvalue weighted by Crippen LogP contribution is 2.17. The van der Waals surface area contributed by atoms with Crippen LogP contribution in [0.25, 0.3) is 0 Å². The van der Waals surface area contributed by atoms with E-state index >= 15 is 0 Å². The van der Waals surface area contributed by atoms with Gasteiger partial charge in [0.05, 0.1) is 13.2 Å². The minimum Gasteiger partial charge on any atom is -0.465 e. The van der Waals surface area contributed by atoms with Crippen molar-refractivity contribution in [1.29, 1.82) is 0 Å². The van der Waals surface area contributed by atoms with Crippen molar-refractivity contribution in [2.45, 2.75) is 6.42 Å². The Hall–Kier alpha value is -0.810. The van der Waals surface area contributed by atoms with Crippen molar-refractivity contribution >= 4 is 6.09 Å². The molecule has 0 saturated carbocycles. The molecule has 5 nitrogen and oxygen atoms in total. The SMILES string of the molecule is O=C(O)N1CC[C@@H](CN2CCOCC2)C1. The summed E-state index contributed by atoms with van der Waals surface area (Å²) in [5.41, 5.74) is 0. The number of amides is 1. The van der Waals surface area contributed by atoms with Gasteiger partial charge in [-0.25, -0.2) is 4.79 Å². The molecule has 2 fully saturated rings. The van der Waals surface area contributed by atoms with Gasteiger partial charge in [-0.05, 0) is 12.3 Å². The predicted molar refractivity (Wildman–Crippen MR) is 55.0 cm³/mol. The number of carboxylic acid groups (broad SMARTS) is 1. The summed E-state index contributed by atoms with van der Waals surface area (Å²) in [5, 5.41) is 8.83. The lowest BCUT2D eigenvalue weighted by Gasteiger charge is -2.28. The summed E-state index contributed by atoms with van der Waals surface area (Å²) in [6, 6.07) is 0. The Morgan fingerprint density at radius 2 is 2.07 bits per heavy atom. The van der Waals surface area contributed by atoms with Crippen LogP contribution in [0, 0.1) is 5.92 Å². The molecule has 0 aliphatic carbocycles. The molecule has 1 atom stereocenters. The Morgan fingerprint density at radius 1 is 1.33 bits per heavy atom. The third kappa shape index (κ3) is 2.82. The summed E-state index contributed by atoms with van der Waals surface area (Å²) in [7, 11) is 0. The van der Waals surface area contributed by atoms with E-state index in [9.17, 15) is 4.79 Å². The number of morpholine rings is 1. The lowest BCUT2D eigenvalue weighted by molar-refractivity contribution is 0.0312. The molecule has 0 aromatic carbocycles. The summed E-state index contributed by atoms with van der Waals surface area (Å²) in [5.74, 6) is 0.513. The van der Waals surface area contributed by atoms with Gasteiger partial charge in [-0.2, -0.15) is 0 Å². The molecule has 2 heterocycles. The number of hydrogen-bond donors (Lipinski definition) is 1. The molecule has 0 unspecified atom stereocenters. The summed E-state index contributed by atoms with van der Waals surface area (Å²) in [6.45, 7) is 6.03. The van der Waals surface area contributed by atoms with E-state index in [4.69, 9.17) is 9.84 Å². The van der Waals surface area contributed by atoms with E-state index in [1.165, 1.54) is 4.90 Å². The Labute approximate surface area is 89.6 Å². The molecule has 86 valence electrons. The fourth-order valence-corrected chi connectivity index (χ4v) is 2.30. The summed E-state index contributed by atoms with van der Waals surface area (Å²) in [6.07, 6.45) is 0.225. The fourth-order valence-electron chi connectivity index (χ4n) is 2.30. The second-order valence-corrected chi connectivity index (χ2v) is 4.30. The zero-order valence-corrected chi connectivity index (χ0v) is 8.89. The van der Waals surface area contributed by atoms with Crippen LogP contribution in [0.4, 0.5) is 4.79 Å². The van der Waals surface area contributed by atoms with E-state index in [1.807, 2.05) is 0 Å². The van der Waals surface area contributed by atoms with Crippen molar-refractivity contribution in [3.8, 4) is 0 Å². The van der Waals surface area contributed by atoms with Crippen LogP contribution in [0.2, 0.25) is 0 Å². The average molecular weight is 214 g/mol. The molecule has 2 aliphatic heterocycles. The smallest absolute Gasteiger partial charge is 0.407 e. The molecule has 0 spiro atoms. The van der Waals surface area contributed by atoms with E-state index < -0.39 is 6.09 Å². The molecule has 2 saturated heterocycles. The van der Waals surface area contributed by atoms with E-state index in [0.717, 1.165) is 39.3 Å². The monoisotopic (exact) mass is 214 g/mol. The second-order valence-electron chi connectivity index (χ2n) is 4.30. The number of carbonyl (C=O) groups is 1. The van der Waals surface area contributed by atoms with Crippen LogP contribution >= 0.6 is 0 Å². The minimum absolute atomic E-state index is 0.513. The molecule has 0 aromatic rings. The number of likely N-dealkylation sites (tertiary alicyclic amines) is 1. The number of nitrogens with zero attached hydrogens (tertiary/aromatic N) is 2. The van der Waals surface area contributed by atoms with Crippen molar-refractivity contribution in [2.75, 3.05) is 45.9 Å². The van der Waals surface area contributed by atoms with Gasteiger partial charge in [-0.3, -0.25) is 4.90 Å². The van der Waals surface area contributed by atoms with E-state index in [2.05, 4.69) is 4.90 Å². The normalized spacial score (nSPS) is 28.3. The summed E-state index contributed by atoms with van der Waals surface area (Å²) in [4.78, 5) is 14.6. The second kappa shape index (κ2) is 4.81. The standard InChI is InChI=1S/C10H18N2O3/c13-10(14)12-2-1-9(8-12)7-11-3-5-15-6-4-11/h9H,1-8H2,(H,13,14)/t9-/m0/s1. The van der Waals surface area contributed by atoms with Crippen LogP contribution in [-0.4, -0.2) is 66.9 Å². The van der Waals surface area contributed by atoms with Gasteiger partial charge < -0.3 is 14.7 Å². The maximum atomic E-state index is 10.7. The topological polar surface area (TPSA) is 53.0 Å². The zero-order chi connectivity index (χ0) is 10.7. The van der Waals surface area contributed by atoms with Crippen molar-refractivity contribution < 1.29 is 14.6 Å². The Balaban J connectivity index is 1.74. The molecule has 2 aliphatic rings. The van der Waals surface area contributed by atoms with Crippen LogP contribution in [0.3, 0.4) is 0 Å². The van der Waals surface area contributed by atoms with Gasteiger partial charge in [0.15, 0.2) is 0 Å². The van der Waals surface area contributed by atoms with Crippen LogP contribution in [0.5, 0.6) is 0 Å². The van der Waals surface area contributed by atoms with Crippen molar-refractivity contribution in [3.63, 3.8) is 0 Å². The molecule has 1 amide bonds. The maximum Gasteiger partial charge on any atom is 0.407 e. The highest BCUT2D eigenvalue weighted by Gasteiger charge is 2.27. The first kappa shape index (κ1) is 10.7. The number of ether oxygens (including phenoxy) is 1. The van der Waals surface area contributed by atoms with Gasteiger partial charge in [-0.15, -0.1) is 0 Å². The first-order valence-electron chi connectivity index (χ1n) is 5.53. The molecule has 0 aromatic heterocycles. The van der Waals surface area contributed by atoms with Gasteiger partial charge in [0.2, 0.25) is 0 Å². The average Bonchev–Trinajstić information content (AvgIpc) is 2.68. The Kier molecular flexibility index (Phi) is 3.43. The van der Waals surface area contributed by atoms with Crippen LogP contribution in [-0.2, 0) is 4.74 Å². The fraction of sp³-hybridized carbons (Fsp3) is 0.900. The van der Waals surface area contributed by atoms with E-state index in [-0.39, 0.29) is 0 Å². The molecule has 0 radical (unpaired) electrons. The van der Waals surface area contributed by atoms with Gasteiger partial charge in [0.1, 0.15) is 0 Å². The molecular formula is C10H18N2O3. The third-order valence-electron chi connectivity index (χ3n) is 3.18. The summed E-state index contributed by atoms with van der Waals surface area (Å²) < 4.78 is 5.28. The van der Waals surface area contributed by atoms with Gasteiger partial charge in [0.25, 0.3) is 0 Å². The lowest BCUT2D eigenvalue weighted by atomic mass is 10.1. The zero-order valence-electron chi connectivity index (χ0n) is 8.89. The minimum atomic E-state index is -0.778. The highest BCUT2D eigenvalue weighted by molar-refractivity contribution is 5.65. The van der Waals surface area contributed by atoms with Crippen LogP contribution in [0.15, 0.2) is 0 Å². The largest absolute Gasteiger partial charge is 0.465 e. The van der Waals surface area contributed by atoms with E-state index in [0.29, 0.717) is 19.0 Å². The van der Waals surface area contributed by atoms with Crippen LogP contribution < -0.4 is 0 Å². The first-order valence-corrected chi connectivity index (χ1v) is 5.53. The molecule has 0 bridgehead atoms. The molecule has 15 heavy (non-hydrogen) atoms. The van der Waals surface area contributed by atoms with Crippen molar-refractivity contribution in [2.24, 2.45) is 5.92 Å². The van der Waals surface area contributed by atoms with E-state index in [1.54, 1.807) is 0 Å². The number of rotatable bonds is 2. The van der Waals surface area contributed by atoms with Gasteiger partial charge in [0, 0.05) is 32.7 Å². The molecular weight excluding hydrogens is 196 g/mol.